The molecular weight excluding hydrogens is 332 g/mol. The zero-order chi connectivity index (χ0) is 18.0. The molecule has 6 heteroatoms. The normalized spacial score (nSPS) is 18.4. The van der Waals surface area contributed by atoms with Gasteiger partial charge < -0.3 is 4.90 Å². The van der Waals surface area contributed by atoms with Gasteiger partial charge in [-0.1, -0.05) is 20.8 Å². The van der Waals surface area contributed by atoms with Gasteiger partial charge in [0, 0.05) is 37.1 Å². The minimum absolute atomic E-state index is 0.245. The maximum atomic E-state index is 12.6. The lowest BCUT2D eigenvalue weighted by Gasteiger charge is -2.36. The Labute approximate surface area is 153 Å². The molecule has 5 nitrogen and oxygen atoms in total. The van der Waals surface area contributed by atoms with E-state index in [4.69, 9.17) is 0 Å². The Morgan fingerprint density at radius 1 is 1.28 bits per heavy atom. The number of nitrogens with zero attached hydrogens (tertiary/aromatic N) is 4. The molecule has 1 fully saturated rings. The van der Waals surface area contributed by atoms with Gasteiger partial charge >= 0.3 is 0 Å². The van der Waals surface area contributed by atoms with E-state index in [9.17, 15) is 4.79 Å². The van der Waals surface area contributed by atoms with Gasteiger partial charge in [-0.05, 0) is 32.1 Å². The summed E-state index contributed by atoms with van der Waals surface area (Å²) in [5.74, 6) is 0.680. The first kappa shape index (κ1) is 18.0. The molecule has 1 saturated heterocycles. The Balaban J connectivity index is 1.76. The van der Waals surface area contributed by atoms with Crippen LogP contribution in [0.15, 0.2) is 18.6 Å². The Morgan fingerprint density at radius 3 is 2.72 bits per heavy atom. The summed E-state index contributed by atoms with van der Waals surface area (Å²) in [6, 6.07) is 0. The van der Waals surface area contributed by atoms with Gasteiger partial charge in [-0.2, -0.15) is 0 Å². The highest BCUT2D eigenvalue weighted by molar-refractivity contribution is 7.15. The molecule has 0 spiro atoms. The van der Waals surface area contributed by atoms with Crippen molar-refractivity contribution in [3.63, 3.8) is 0 Å². The van der Waals surface area contributed by atoms with Crippen LogP contribution in [0.3, 0.4) is 0 Å². The van der Waals surface area contributed by atoms with Gasteiger partial charge in [0.1, 0.15) is 5.69 Å². The zero-order valence-corrected chi connectivity index (χ0v) is 16.3. The molecule has 3 rings (SSSR count). The van der Waals surface area contributed by atoms with Crippen LogP contribution in [-0.4, -0.2) is 38.8 Å². The van der Waals surface area contributed by atoms with Gasteiger partial charge in [-0.25, -0.2) is 4.98 Å². The standard InChI is InChI=1S/C19H26N4OS/c1-13-22-11-16(25-13)17-15(20-7-8-21-17)10-14-6-5-9-23(12-14)18(24)19(2,3)4/h7-8,11,14H,5-6,9-10,12H2,1-4H3/t14-/m0/s1. The number of likely N-dealkylation sites (tertiary alicyclic amines) is 1. The fourth-order valence-corrected chi connectivity index (χ4v) is 4.15. The minimum atomic E-state index is -0.320. The summed E-state index contributed by atoms with van der Waals surface area (Å²) in [5.41, 5.74) is 1.63. The van der Waals surface area contributed by atoms with E-state index in [0.29, 0.717) is 5.92 Å². The van der Waals surface area contributed by atoms with Gasteiger partial charge in [-0.3, -0.25) is 14.8 Å². The Kier molecular flexibility index (Phi) is 5.18. The molecule has 1 aliphatic heterocycles. The highest BCUT2D eigenvalue weighted by atomic mass is 32.1. The molecule has 0 aliphatic carbocycles. The van der Waals surface area contributed by atoms with Gasteiger partial charge in [-0.15, -0.1) is 11.3 Å². The van der Waals surface area contributed by atoms with Crippen LogP contribution in [0.1, 0.15) is 44.3 Å². The smallest absolute Gasteiger partial charge is 0.227 e. The second-order valence-corrected chi connectivity index (χ2v) is 9.04. The number of carbonyl (C=O) groups excluding carboxylic acids is 1. The van der Waals surface area contributed by atoms with Crippen molar-refractivity contribution in [2.45, 2.75) is 47.0 Å². The lowest BCUT2D eigenvalue weighted by molar-refractivity contribution is -0.141. The predicted octanol–water partition coefficient (Wildman–Crippen LogP) is 3.74. The highest BCUT2D eigenvalue weighted by Gasteiger charge is 2.31. The molecule has 1 amide bonds. The largest absolute Gasteiger partial charge is 0.342 e. The van der Waals surface area contributed by atoms with Gasteiger partial charge in [0.25, 0.3) is 0 Å². The summed E-state index contributed by atoms with van der Waals surface area (Å²) in [6.45, 7) is 9.66. The molecule has 25 heavy (non-hydrogen) atoms. The fraction of sp³-hybridized carbons (Fsp3) is 0.579. The Hall–Kier alpha value is -1.82. The van der Waals surface area contributed by atoms with Crippen molar-refractivity contribution in [2.75, 3.05) is 13.1 Å². The molecule has 0 aromatic carbocycles. The third-order valence-electron chi connectivity index (χ3n) is 4.56. The van der Waals surface area contributed by atoms with E-state index < -0.39 is 0 Å². The SMILES string of the molecule is Cc1ncc(-c2nccnc2C[C@@H]2CCCN(C(=O)C(C)(C)C)C2)s1. The van der Waals surface area contributed by atoms with Crippen LogP contribution in [0.25, 0.3) is 10.6 Å². The van der Waals surface area contributed by atoms with E-state index in [1.165, 1.54) is 0 Å². The van der Waals surface area contributed by atoms with Crippen LogP contribution in [0, 0.1) is 18.3 Å². The van der Waals surface area contributed by atoms with Crippen LogP contribution in [0.4, 0.5) is 0 Å². The van der Waals surface area contributed by atoms with Crippen LogP contribution >= 0.6 is 11.3 Å². The van der Waals surface area contributed by atoms with Crippen molar-refractivity contribution in [1.82, 2.24) is 19.9 Å². The van der Waals surface area contributed by atoms with Crippen molar-refractivity contribution in [1.29, 1.82) is 0 Å². The Bertz CT molecular complexity index is 750. The first-order valence-corrected chi connectivity index (χ1v) is 9.68. The molecule has 0 saturated carbocycles. The molecule has 134 valence electrons. The molecule has 0 N–H and O–H groups in total. The number of amides is 1. The average Bonchev–Trinajstić information content (AvgIpc) is 3.00. The van der Waals surface area contributed by atoms with E-state index in [2.05, 4.69) is 15.0 Å². The fourth-order valence-electron chi connectivity index (χ4n) is 3.36. The van der Waals surface area contributed by atoms with Gasteiger partial charge in [0.2, 0.25) is 5.91 Å². The quantitative estimate of drug-likeness (QED) is 0.839. The number of aryl methyl sites for hydroxylation is 1. The van der Waals surface area contributed by atoms with Crippen molar-refractivity contribution in [3.05, 3.63) is 29.3 Å². The van der Waals surface area contributed by atoms with Crippen LogP contribution in [0.2, 0.25) is 0 Å². The summed E-state index contributed by atoms with van der Waals surface area (Å²) in [6.07, 6.45) is 8.42. The molecule has 0 unspecified atom stereocenters. The first-order chi connectivity index (χ1) is 11.8. The second-order valence-electron chi connectivity index (χ2n) is 7.81. The monoisotopic (exact) mass is 358 g/mol. The second kappa shape index (κ2) is 7.20. The van der Waals surface area contributed by atoms with Crippen molar-refractivity contribution in [2.24, 2.45) is 11.3 Å². The molecule has 1 aliphatic rings. The zero-order valence-electron chi connectivity index (χ0n) is 15.5. The molecule has 3 heterocycles. The maximum absolute atomic E-state index is 12.6. The van der Waals surface area contributed by atoms with E-state index >= 15 is 0 Å². The summed E-state index contributed by atoms with van der Waals surface area (Å²) in [5, 5.41) is 1.03. The van der Waals surface area contributed by atoms with E-state index in [1.54, 1.807) is 23.7 Å². The number of aromatic nitrogens is 3. The molecule has 2 aromatic rings. The van der Waals surface area contributed by atoms with Crippen LogP contribution in [-0.2, 0) is 11.2 Å². The van der Waals surface area contributed by atoms with Crippen LogP contribution in [0.5, 0.6) is 0 Å². The minimum Gasteiger partial charge on any atom is -0.342 e. The number of carbonyl (C=O) groups is 1. The topological polar surface area (TPSA) is 59.0 Å². The number of hydrogen-bond acceptors (Lipinski definition) is 5. The molecule has 1 atom stereocenters. The number of rotatable bonds is 3. The summed E-state index contributed by atoms with van der Waals surface area (Å²) in [4.78, 5) is 29.2. The van der Waals surface area contributed by atoms with Crippen molar-refractivity contribution in [3.8, 4) is 10.6 Å². The lowest BCUT2D eigenvalue weighted by atomic mass is 9.89. The number of hydrogen-bond donors (Lipinski definition) is 0. The first-order valence-electron chi connectivity index (χ1n) is 8.86. The number of piperidine rings is 1. The lowest BCUT2D eigenvalue weighted by Crippen LogP contribution is -2.45. The van der Waals surface area contributed by atoms with Crippen LogP contribution < -0.4 is 0 Å². The molecular formula is C19H26N4OS. The molecule has 2 aromatic heterocycles. The van der Waals surface area contributed by atoms with E-state index in [0.717, 1.165) is 53.6 Å². The third-order valence-corrected chi connectivity index (χ3v) is 5.48. The van der Waals surface area contributed by atoms with Gasteiger partial charge in [0.15, 0.2) is 0 Å². The summed E-state index contributed by atoms with van der Waals surface area (Å²) in [7, 11) is 0. The number of thiazole rings is 1. The Morgan fingerprint density at radius 2 is 2.04 bits per heavy atom. The highest BCUT2D eigenvalue weighted by Crippen LogP contribution is 2.30. The summed E-state index contributed by atoms with van der Waals surface area (Å²) < 4.78 is 0. The van der Waals surface area contributed by atoms with Crippen molar-refractivity contribution >= 4 is 17.2 Å². The van der Waals surface area contributed by atoms with E-state index in [-0.39, 0.29) is 11.3 Å². The van der Waals surface area contributed by atoms with Gasteiger partial charge in [0.05, 0.1) is 15.6 Å². The van der Waals surface area contributed by atoms with Crippen molar-refractivity contribution < 1.29 is 4.79 Å². The maximum Gasteiger partial charge on any atom is 0.227 e. The third kappa shape index (κ3) is 4.24. The predicted molar refractivity (Wildman–Crippen MR) is 100 cm³/mol. The molecule has 0 bridgehead atoms. The summed E-state index contributed by atoms with van der Waals surface area (Å²) >= 11 is 1.65. The van der Waals surface area contributed by atoms with E-state index in [1.807, 2.05) is 38.8 Å². The molecule has 0 radical (unpaired) electrons. The average molecular weight is 359 g/mol.